The quantitative estimate of drug-likeness (QED) is 0.549. The Morgan fingerprint density at radius 1 is 0.833 bits per heavy atom. The van der Waals surface area contributed by atoms with E-state index in [1.165, 1.54) is 5.69 Å². The maximum atomic E-state index is 5.93. The standard InChI is InChI=1S/C25H27N3O2/c1-29-25-18-22(12-13-24(25)30-20-21-8-4-2-5-9-21)19-26-28-16-14-27(15-17-28)23-10-6-3-7-11-23/h2-13,18-19H,14-17,20H2,1H3/b26-19+. The molecule has 1 fully saturated rings. The summed E-state index contributed by atoms with van der Waals surface area (Å²) in [6, 6.07) is 26.6. The predicted octanol–water partition coefficient (Wildman–Crippen LogP) is 4.43. The molecule has 0 N–H and O–H groups in total. The largest absolute Gasteiger partial charge is 0.493 e. The van der Waals surface area contributed by atoms with Gasteiger partial charge in [-0.15, -0.1) is 0 Å². The van der Waals surface area contributed by atoms with Crippen molar-refractivity contribution in [1.82, 2.24) is 5.01 Å². The number of rotatable bonds is 7. The van der Waals surface area contributed by atoms with Crippen molar-refractivity contribution in [2.75, 3.05) is 38.2 Å². The minimum Gasteiger partial charge on any atom is -0.493 e. The molecule has 0 atom stereocenters. The molecular formula is C25H27N3O2. The monoisotopic (exact) mass is 401 g/mol. The van der Waals surface area contributed by atoms with Crippen molar-refractivity contribution < 1.29 is 9.47 Å². The molecule has 1 aliphatic heterocycles. The highest BCUT2D eigenvalue weighted by Gasteiger charge is 2.15. The van der Waals surface area contributed by atoms with Crippen molar-refractivity contribution in [2.24, 2.45) is 5.10 Å². The summed E-state index contributed by atoms with van der Waals surface area (Å²) in [7, 11) is 1.66. The van der Waals surface area contributed by atoms with Gasteiger partial charge in [-0.2, -0.15) is 5.10 Å². The van der Waals surface area contributed by atoms with E-state index in [1.54, 1.807) is 7.11 Å². The Bertz CT molecular complexity index is 953. The lowest BCUT2D eigenvalue weighted by Gasteiger charge is -2.34. The van der Waals surface area contributed by atoms with Crippen LogP contribution in [0.4, 0.5) is 5.69 Å². The van der Waals surface area contributed by atoms with Gasteiger partial charge in [-0.3, -0.25) is 5.01 Å². The number of hydrogen-bond donors (Lipinski definition) is 0. The number of benzene rings is 3. The van der Waals surface area contributed by atoms with Crippen LogP contribution in [-0.2, 0) is 6.61 Å². The Morgan fingerprint density at radius 3 is 2.23 bits per heavy atom. The molecule has 3 aromatic rings. The Balaban J connectivity index is 1.33. The molecule has 3 aromatic carbocycles. The topological polar surface area (TPSA) is 37.3 Å². The molecule has 0 aliphatic carbocycles. The third kappa shape index (κ3) is 5.11. The third-order valence-corrected chi connectivity index (χ3v) is 5.17. The summed E-state index contributed by atoms with van der Waals surface area (Å²) in [6.45, 7) is 4.26. The Hall–Kier alpha value is -3.47. The van der Waals surface area contributed by atoms with Gasteiger partial charge in [0.15, 0.2) is 11.5 Å². The van der Waals surface area contributed by atoms with Crippen LogP contribution in [0.5, 0.6) is 11.5 Å². The first-order valence-corrected chi connectivity index (χ1v) is 10.3. The van der Waals surface area contributed by atoms with Crippen LogP contribution in [0.2, 0.25) is 0 Å². The summed E-state index contributed by atoms with van der Waals surface area (Å²) < 4.78 is 11.5. The molecule has 154 valence electrons. The van der Waals surface area contributed by atoms with Gasteiger partial charge < -0.3 is 14.4 Å². The lowest BCUT2D eigenvalue weighted by Crippen LogP contribution is -2.44. The van der Waals surface area contributed by atoms with E-state index in [2.05, 4.69) is 45.3 Å². The van der Waals surface area contributed by atoms with Crippen molar-refractivity contribution in [3.05, 3.63) is 90.0 Å². The SMILES string of the molecule is COc1cc(/C=N/N2CCN(c3ccccc3)CC2)ccc1OCc1ccccc1. The molecule has 1 heterocycles. The van der Waals surface area contributed by atoms with E-state index >= 15 is 0 Å². The highest BCUT2D eigenvalue weighted by atomic mass is 16.5. The number of hydrazone groups is 1. The van der Waals surface area contributed by atoms with Crippen LogP contribution in [0.25, 0.3) is 0 Å². The summed E-state index contributed by atoms with van der Waals surface area (Å²) in [4.78, 5) is 2.40. The summed E-state index contributed by atoms with van der Waals surface area (Å²) >= 11 is 0. The molecule has 0 radical (unpaired) electrons. The van der Waals surface area contributed by atoms with Crippen LogP contribution < -0.4 is 14.4 Å². The highest BCUT2D eigenvalue weighted by molar-refractivity contribution is 5.80. The normalized spacial score (nSPS) is 14.2. The van der Waals surface area contributed by atoms with Gasteiger partial charge in [-0.05, 0) is 41.5 Å². The number of nitrogens with zero attached hydrogens (tertiary/aromatic N) is 3. The molecule has 5 nitrogen and oxygen atoms in total. The van der Waals surface area contributed by atoms with Gasteiger partial charge in [0, 0.05) is 18.8 Å². The molecule has 0 amide bonds. The minimum atomic E-state index is 0.510. The van der Waals surface area contributed by atoms with Gasteiger partial charge in [-0.1, -0.05) is 48.5 Å². The van der Waals surface area contributed by atoms with Crippen LogP contribution in [0.15, 0.2) is 84.0 Å². The molecular weight excluding hydrogens is 374 g/mol. The third-order valence-electron chi connectivity index (χ3n) is 5.17. The van der Waals surface area contributed by atoms with Gasteiger partial charge in [0.25, 0.3) is 0 Å². The lowest BCUT2D eigenvalue weighted by atomic mass is 10.2. The number of para-hydroxylation sites is 1. The zero-order valence-electron chi connectivity index (χ0n) is 17.3. The summed E-state index contributed by atoms with van der Waals surface area (Å²) in [5.41, 5.74) is 3.39. The maximum absolute atomic E-state index is 5.93. The second kappa shape index (κ2) is 9.83. The van der Waals surface area contributed by atoms with Crippen LogP contribution in [-0.4, -0.2) is 44.5 Å². The van der Waals surface area contributed by atoms with Gasteiger partial charge in [-0.25, -0.2) is 0 Å². The van der Waals surface area contributed by atoms with Gasteiger partial charge >= 0.3 is 0 Å². The molecule has 30 heavy (non-hydrogen) atoms. The first-order chi connectivity index (χ1) is 14.8. The Kier molecular flexibility index (Phi) is 6.50. The minimum absolute atomic E-state index is 0.510. The highest BCUT2D eigenvalue weighted by Crippen LogP contribution is 2.28. The molecule has 0 saturated carbocycles. The van der Waals surface area contributed by atoms with Crippen molar-refractivity contribution in [3.63, 3.8) is 0 Å². The van der Waals surface area contributed by atoms with Crippen LogP contribution in [0, 0.1) is 0 Å². The Morgan fingerprint density at radius 2 is 1.53 bits per heavy atom. The molecule has 1 aliphatic rings. The predicted molar refractivity (Wildman–Crippen MR) is 122 cm³/mol. The number of anilines is 1. The van der Waals surface area contributed by atoms with E-state index in [0.717, 1.165) is 43.1 Å². The molecule has 4 rings (SSSR count). The van der Waals surface area contributed by atoms with Gasteiger partial charge in [0.05, 0.1) is 26.4 Å². The summed E-state index contributed by atoms with van der Waals surface area (Å²) in [5, 5.41) is 6.78. The molecule has 0 unspecified atom stereocenters. The molecule has 0 bridgehead atoms. The molecule has 0 aromatic heterocycles. The maximum Gasteiger partial charge on any atom is 0.161 e. The van der Waals surface area contributed by atoms with Crippen LogP contribution in [0.1, 0.15) is 11.1 Å². The van der Waals surface area contributed by atoms with E-state index in [9.17, 15) is 0 Å². The lowest BCUT2D eigenvalue weighted by molar-refractivity contribution is 0.272. The van der Waals surface area contributed by atoms with E-state index in [1.807, 2.05) is 54.7 Å². The fourth-order valence-corrected chi connectivity index (χ4v) is 3.48. The van der Waals surface area contributed by atoms with Crippen molar-refractivity contribution in [1.29, 1.82) is 0 Å². The van der Waals surface area contributed by atoms with Crippen molar-refractivity contribution >= 4 is 11.9 Å². The molecule has 1 saturated heterocycles. The second-order valence-electron chi connectivity index (χ2n) is 7.21. The fraction of sp³-hybridized carbons (Fsp3) is 0.240. The average molecular weight is 402 g/mol. The average Bonchev–Trinajstić information content (AvgIpc) is 2.83. The summed E-state index contributed by atoms with van der Waals surface area (Å²) in [6.07, 6.45) is 1.89. The number of hydrogen-bond acceptors (Lipinski definition) is 5. The van der Waals surface area contributed by atoms with Gasteiger partial charge in [0.2, 0.25) is 0 Å². The molecule has 0 spiro atoms. The first kappa shape index (κ1) is 19.8. The first-order valence-electron chi connectivity index (χ1n) is 10.3. The van der Waals surface area contributed by atoms with E-state index in [0.29, 0.717) is 12.4 Å². The van der Waals surface area contributed by atoms with E-state index in [-0.39, 0.29) is 0 Å². The van der Waals surface area contributed by atoms with Gasteiger partial charge in [0.1, 0.15) is 6.61 Å². The van der Waals surface area contributed by atoms with E-state index in [4.69, 9.17) is 9.47 Å². The van der Waals surface area contributed by atoms with E-state index < -0.39 is 0 Å². The zero-order valence-corrected chi connectivity index (χ0v) is 17.3. The Labute approximate surface area is 178 Å². The zero-order chi connectivity index (χ0) is 20.6. The number of ether oxygens (including phenoxy) is 2. The summed E-state index contributed by atoms with van der Waals surface area (Å²) in [5.74, 6) is 1.44. The fourth-order valence-electron chi connectivity index (χ4n) is 3.48. The van der Waals surface area contributed by atoms with Crippen LogP contribution >= 0.6 is 0 Å². The molecule has 5 heteroatoms. The number of methoxy groups -OCH3 is 1. The van der Waals surface area contributed by atoms with Crippen LogP contribution in [0.3, 0.4) is 0 Å². The second-order valence-corrected chi connectivity index (χ2v) is 7.21. The van der Waals surface area contributed by atoms with Crippen molar-refractivity contribution in [3.8, 4) is 11.5 Å². The number of piperazine rings is 1. The smallest absolute Gasteiger partial charge is 0.161 e. The van der Waals surface area contributed by atoms with Crippen molar-refractivity contribution in [2.45, 2.75) is 6.61 Å².